The van der Waals surface area contributed by atoms with Crippen LogP contribution in [-0.4, -0.2) is 67.3 Å². The molecule has 0 unspecified atom stereocenters. The zero-order valence-electron chi connectivity index (χ0n) is 23.6. The number of fused-ring (bicyclic) bond motifs is 1. The third-order valence-electron chi connectivity index (χ3n) is 6.57. The number of alkyl halides is 3. The normalized spacial score (nSPS) is 16.2. The average molecular weight is 677 g/mol. The predicted octanol–water partition coefficient (Wildman–Crippen LogP) is 4.97. The number of nitrogens with one attached hydrogen (secondary N) is 1. The van der Waals surface area contributed by atoms with Gasteiger partial charge < -0.3 is 24.4 Å². The number of halogens is 5. The van der Waals surface area contributed by atoms with Gasteiger partial charge >= 0.3 is 12.3 Å². The highest BCUT2D eigenvalue weighted by Crippen LogP contribution is 2.34. The minimum Gasteiger partial charge on any atom is -0.444 e. The van der Waals surface area contributed by atoms with E-state index in [1.54, 1.807) is 25.7 Å². The molecule has 3 heterocycles. The van der Waals surface area contributed by atoms with Gasteiger partial charge in [-0.3, -0.25) is 9.59 Å². The molecule has 42 heavy (non-hydrogen) atoms. The molecule has 1 atom stereocenters. The number of piperazine rings is 1. The Hall–Kier alpha value is -3.33. The van der Waals surface area contributed by atoms with Gasteiger partial charge in [0.15, 0.2) is 0 Å². The lowest BCUT2D eigenvalue weighted by molar-refractivity contribution is -0.137. The molecule has 1 fully saturated rings. The molecule has 0 spiro atoms. The monoisotopic (exact) mass is 675 g/mol. The summed E-state index contributed by atoms with van der Waals surface area (Å²) < 4.78 is 47.4. The van der Waals surface area contributed by atoms with Gasteiger partial charge in [0.05, 0.1) is 22.0 Å². The molecule has 1 aromatic carbocycles. The van der Waals surface area contributed by atoms with Crippen molar-refractivity contribution in [3.63, 3.8) is 0 Å². The van der Waals surface area contributed by atoms with Crippen LogP contribution in [0, 0.1) is 0 Å². The van der Waals surface area contributed by atoms with E-state index in [1.165, 1.54) is 4.57 Å². The molecule has 228 valence electrons. The molecule has 4 rings (SSSR count). The molecular weight excluding hydrogens is 647 g/mol. The Kier molecular flexibility index (Phi) is 8.84. The van der Waals surface area contributed by atoms with Crippen LogP contribution in [0.2, 0.25) is 5.02 Å². The van der Waals surface area contributed by atoms with Crippen molar-refractivity contribution < 1.29 is 27.5 Å². The number of carbonyl (C=O) groups excluding carboxylic acids is 2. The highest BCUT2D eigenvalue weighted by Gasteiger charge is 2.34. The fourth-order valence-electron chi connectivity index (χ4n) is 4.78. The van der Waals surface area contributed by atoms with E-state index >= 15 is 0 Å². The SMILES string of the molecule is CCc1c(N2CCN(C(=O)OC(C)(C)C)C[C@@H]2C)c(=O)n2nc(Br)nc2n1CC(=O)Nc1ccc(C(F)(F)F)cc1Cl. The van der Waals surface area contributed by atoms with Crippen LogP contribution in [0.3, 0.4) is 0 Å². The van der Waals surface area contributed by atoms with Crippen LogP contribution in [0.4, 0.5) is 29.3 Å². The number of hydrogen-bond acceptors (Lipinski definition) is 7. The summed E-state index contributed by atoms with van der Waals surface area (Å²) in [5.74, 6) is -0.508. The van der Waals surface area contributed by atoms with Crippen LogP contribution < -0.4 is 15.8 Å². The standard InChI is InChI=1S/C26H30BrClF3N7O4/c1-6-18-20(36-10-9-35(12-14(36)2)24(41)42-25(3,4)5)21(40)38-23(33-22(27)34-38)37(18)13-19(39)32-17-8-7-15(11-16(17)28)26(29,30)31/h7-8,11,14H,6,9-10,12-13H2,1-5H3,(H,32,39)/t14-/m0/s1. The van der Waals surface area contributed by atoms with Crippen LogP contribution in [0.1, 0.15) is 45.9 Å². The Bertz CT molecular complexity index is 1590. The number of aromatic nitrogens is 4. The number of rotatable bonds is 5. The van der Waals surface area contributed by atoms with E-state index in [0.717, 1.165) is 22.7 Å². The van der Waals surface area contributed by atoms with Crippen molar-refractivity contribution in [2.75, 3.05) is 29.9 Å². The van der Waals surface area contributed by atoms with Crippen molar-refractivity contribution in [3.05, 3.63) is 49.6 Å². The molecule has 0 aliphatic carbocycles. The molecular formula is C26H30BrClF3N7O4. The first-order chi connectivity index (χ1) is 19.5. The van der Waals surface area contributed by atoms with Crippen molar-refractivity contribution in [2.24, 2.45) is 0 Å². The van der Waals surface area contributed by atoms with Gasteiger partial charge in [-0.2, -0.15) is 22.7 Å². The zero-order chi connectivity index (χ0) is 31.1. The maximum absolute atomic E-state index is 13.7. The number of anilines is 2. The summed E-state index contributed by atoms with van der Waals surface area (Å²) in [6, 6.07) is 2.35. The lowest BCUT2D eigenvalue weighted by Crippen LogP contribution is -2.56. The van der Waals surface area contributed by atoms with E-state index in [2.05, 4.69) is 31.3 Å². The van der Waals surface area contributed by atoms with Crippen LogP contribution in [-0.2, 0) is 28.7 Å². The van der Waals surface area contributed by atoms with E-state index in [1.807, 2.05) is 18.7 Å². The minimum absolute atomic E-state index is 0.000427. The molecule has 2 amide bonds. The molecule has 0 saturated carbocycles. The van der Waals surface area contributed by atoms with Gasteiger partial charge in [-0.1, -0.05) is 18.5 Å². The van der Waals surface area contributed by atoms with Gasteiger partial charge in [-0.15, -0.1) is 5.10 Å². The molecule has 2 aromatic heterocycles. The van der Waals surface area contributed by atoms with E-state index in [0.29, 0.717) is 37.4 Å². The van der Waals surface area contributed by atoms with Crippen molar-refractivity contribution in [2.45, 2.75) is 65.4 Å². The highest BCUT2D eigenvalue weighted by atomic mass is 79.9. The Morgan fingerprint density at radius 2 is 1.90 bits per heavy atom. The van der Waals surface area contributed by atoms with Gasteiger partial charge in [-0.25, -0.2) is 4.79 Å². The summed E-state index contributed by atoms with van der Waals surface area (Å²) in [5.41, 5.74) is -1.24. The summed E-state index contributed by atoms with van der Waals surface area (Å²) in [5, 5.41) is 6.43. The van der Waals surface area contributed by atoms with E-state index in [9.17, 15) is 27.6 Å². The van der Waals surface area contributed by atoms with Gasteiger partial charge in [0.1, 0.15) is 17.8 Å². The smallest absolute Gasteiger partial charge is 0.416 e. The summed E-state index contributed by atoms with van der Waals surface area (Å²) >= 11 is 9.23. The summed E-state index contributed by atoms with van der Waals surface area (Å²) in [7, 11) is 0. The van der Waals surface area contributed by atoms with Crippen molar-refractivity contribution in [3.8, 4) is 0 Å². The first kappa shape index (κ1) is 31.6. The largest absolute Gasteiger partial charge is 0.444 e. The fourth-order valence-corrected chi connectivity index (χ4v) is 5.33. The summed E-state index contributed by atoms with van der Waals surface area (Å²) in [4.78, 5) is 47.3. The second kappa shape index (κ2) is 11.7. The second-order valence-corrected chi connectivity index (χ2v) is 12.0. The Morgan fingerprint density at radius 1 is 1.21 bits per heavy atom. The Labute approximate surface area is 252 Å². The Morgan fingerprint density at radius 3 is 2.48 bits per heavy atom. The average Bonchev–Trinajstić information content (AvgIpc) is 3.27. The molecule has 11 nitrogen and oxygen atoms in total. The molecule has 1 aliphatic rings. The van der Waals surface area contributed by atoms with Crippen LogP contribution in [0.25, 0.3) is 5.78 Å². The number of amides is 2. The third-order valence-corrected chi connectivity index (χ3v) is 7.22. The molecule has 0 radical (unpaired) electrons. The quantitative estimate of drug-likeness (QED) is 0.406. The van der Waals surface area contributed by atoms with Gasteiger partial charge in [0, 0.05) is 25.7 Å². The maximum atomic E-state index is 13.7. The van der Waals surface area contributed by atoms with E-state index in [-0.39, 0.29) is 33.8 Å². The minimum atomic E-state index is -4.59. The van der Waals surface area contributed by atoms with Crippen LogP contribution in [0.5, 0.6) is 0 Å². The number of nitrogens with zero attached hydrogens (tertiary/aromatic N) is 6. The summed E-state index contributed by atoms with van der Waals surface area (Å²) in [6.45, 7) is 9.63. The number of carbonyl (C=O) groups is 2. The highest BCUT2D eigenvalue weighted by molar-refractivity contribution is 9.10. The second-order valence-electron chi connectivity index (χ2n) is 10.8. The first-order valence-electron chi connectivity index (χ1n) is 13.1. The predicted molar refractivity (Wildman–Crippen MR) is 154 cm³/mol. The molecule has 1 saturated heterocycles. The van der Waals surface area contributed by atoms with Crippen molar-refractivity contribution >= 4 is 56.7 Å². The van der Waals surface area contributed by atoms with Gasteiger partial charge in [0.2, 0.25) is 16.4 Å². The molecule has 0 bridgehead atoms. The van der Waals surface area contributed by atoms with Crippen molar-refractivity contribution in [1.29, 1.82) is 0 Å². The fraction of sp³-hybridized carbons (Fsp3) is 0.500. The number of hydrogen-bond donors (Lipinski definition) is 1. The van der Waals surface area contributed by atoms with E-state index in [4.69, 9.17) is 16.3 Å². The van der Waals surface area contributed by atoms with Gasteiger partial charge in [0.25, 0.3) is 5.56 Å². The lowest BCUT2D eigenvalue weighted by atomic mass is 10.1. The molecule has 16 heteroatoms. The maximum Gasteiger partial charge on any atom is 0.416 e. The van der Waals surface area contributed by atoms with Gasteiger partial charge in [-0.05, 0) is 68.2 Å². The van der Waals surface area contributed by atoms with Crippen molar-refractivity contribution in [1.82, 2.24) is 24.1 Å². The van der Waals surface area contributed by atoms with Crippen LogP contribution in [0.15, 0.2) is 27.7 Å². The lowest BCUT2D eigenvalue weighted by Gasteiger charge is -2.41. The summed E-state index contributed by atoms with van der Waals surface area (Å²) in [6.07, 6.45) is -4.70. The molecule has 1 aliphatic heterocycles. The topological polar surface area (TPSA) is 114 Å². The first-order valence-corrected chi connectivity index (χ1v) is 14.3. The van der Waals surface area contributed by atoms with Crippen LogP contribution >= 0.6 is 27.5 Å². The zero-order valence-corrected chi connectivity index (χ0v) is 25.9. The van der Waals surface area contributed by atoms with E-state index < -0.39 is 34.9 Å². The number of benzene rings is 1. The molecule has 3 aromatic rings. The molecule has 1 N–H and O–H groups in total. The Balaban J connectivity index is 1.68. The third kappa shape index (κ3) is 6.66. The number of ether oxygens (including phenoxy) is 1.